The van der Waals surface area contributed by atoms with E-state index >= 15 is 0 Å². The average Bonchev–Trinajstić information content (AvgIpc) is 2.37. The third-order valence-corrected chi connectivity index (χ3v) is 3.14. The first kappa shape index (κ1) is 13.5. The minimum atomic E-state index is -1.53. The summed E-state index contributed by atoms with van der Waals surface area (Å²) in [6.45, 7) is 6.50. The highest BCUT2D eigenvalue weighted by Crippen LogP contribution is 2.20. The quantitative estimate of drug-likeness (QED) is 0.620. The van der Waals surface area contributed by atoms with E-state index < -0.39 is 8.32 Å². The van der Waals surface area contributed by atoms with E-state index in [0.717, 1.165) is 17.1 Å². The summed E-state index contributed by atoms with van der Waals surface area (Å²) in [4.78, 5) is 8.57. The van der Waals surface area contributed by atoms with Crippen molar-refractivity contribution in [3.63, 3.8) is 0 Å². The van der Waals surface area contributed by atoms with Crippen LogP contribution in [0.15, 0.2) is 53.7 Å². The Hall–Kier alpha value is -1.94. The molecular weight excluding hydrogens is 252 g/mol. The van der Waals surface area contributed by atoms with Gasteiger partial charge in [0.15, 0.2) is 0 Å². The van der Waals surface area contributed by atoms with Gasteiger partial charge in [-0.3, -0.25) is 9.98 Å². The number of nitrogens with zero attached hydrogens (tertiary/aromatic N) is 2. The summed E-state index contributed by atoms with van der Waals surface area (Å²) in [7, 11) is -1.53. The molecule has 19 heavy (non-hydrogen) atoms. The van der Waals surface area contributed by atoms with Gasteiger partial charge in [-0.15, -0.1) is 0 Å². The van der Waals surface area contributed by atoms with Gasteiger partial charge >= 0.3 is 0 Å². The molecular formula is C15H18N2OSi. The summed E-state index contributed by atoms with van der Waals surface area (Å²) >= 11 is 0. The lowest BCUT2D eigenvalue weighted by atomic mass is 10.3. The summed E-state index contributed by atoms with van der Waals surface area (Å²) < 4.78 is 5.89. The molecule has 3 nitrogen and oxygen atoms in total. The molecule has 2 aromatic rings. The van der Waals surface area contributed by atoms with Gasteiger partial charge in [-0.05, 0) is 56.0 Å². The molecule has 0 radical (unpaired) electrons. The molecule has 0 amide bonds. The van der Waals surface area contributed by atoms with Gasteiger partial charge in [-0.2, -0.15) is 0 Å². The van der Waals surface area contributed by atoms with Crippen LogP contribution >= 0.6 is 0 Å². The lowest BCUT2D eigenvalue weighted by Gasteiger charge is -2.18. The monoisotopic (exact) mass is 270 g/mol. The van der Waals surface area contributed by atoms with Crippen LogP contribution in [0.1, 0.15) is 5.69 Å². The molecule has 1 aromatic carbocycles. The second-order valence-corrected chi connectivity index (χ2v) is 9.65. The Morgan fingerprint density at radius 3 is 2.37 bits per heavy atom. The van der Waals surface area contributed by atoms with E-state index in [2.05, 4.69) is 29.6 Å². The van der Waals surface area contributed by atoms with Gasteiger partial charge in [0.05, 0.1) is 17.6 Å². The highest BCUT2D eigenvalue weighted by atomic mass is 28.4. The van der Waals surface area contributed by atoms with Crippen LogP contribution in [0, 0.1) is 0 Å². The van der Waals surface area contributed by atoms with E-state index in [9.17, 15) is 0 Å². The fourth-order valence-corrected chi connectivity index (χ4v) is 2.39. The molecule has 0 bridgehead atoms. The molecule has 0 aliphatic carbocycles. The first-order chi connectivity index (χ1) is 9.03. The SMILES string of the molecule is C[Si](C)(C)Oc1ccc(N=Cc2ccccn2)cc1. The van der Waals surface area contributed by atoms with Crippen LogP contribution in [0.25, 0.3) is 0 Å². The first-order valence-electron chi connectivity index (χ1n) is 6.27. The van der Waals surface area contributed by atoms with Crippen LogP contribution < -0.4 is 4.43 Å². The Bertz CT molecular complexity index is 545. The molecule has 0 spiro atoms. The van der Waals surface area contributed by atoms with Crippen molar-refractivity contribution in [2.45, 2.75) is 19.6 Å². The maximum absolute atomic E-state index is 5.89. The van der Waals surface area contributed by atoms with Crippen LogP contribution in [-0.4, -0.2) is 19.5 Å². The van der Waals surface area contributed by atoms with Crippen molar-refractivity contribution < 1.29 is 4.43 Å². The normalized spacial score (nSPS) is 11.7. The molecule has 2 rings (SSSR count). The molecule has 1 heterocycles. The van der Waals surface area contributed by atoms with E-state index in [4.69, 9.17) is 4.43 Å². The van der Waals surface area contributed by atoms with Gasteiger partial charge in [0.1, 0.15) is 5.75 Å². The van der Waals surface area contributed by atoms with Gasteiger partial charge in [-0.25, -0.2) is 0 Å². The van der Waals surface area contributed by atoms with Crippen molar-refractivity contribution in [2.24, 2.45) is 4.99 Å². The Kier molecular flexibility index (Phi) is 4.12. The lowest BCUT2D eigenvalue weighted by molar-refractivity contribution is 0.558. The maximum atomic E-state index is 5.89. The standard InChI is InChI=1S/C15H18N2OSi/c1-19(2,3)18-15-9-7-13(8-10-15)17-12-14-6-4-5-11-16-14/h4-12H,1-3H3. The summed E-state index contributed by atoms with van der Waals surface area (Å²) in [6.07, 6.45) is 3.51. The molecule has 0 N–H and O–H groups in total. The third kappa shape index (κ3) is 4.67. The Labute approximate surface area is 115 Å². The minimum absolute atomic E-state index is 0.852. The van der Waals surface area contributed by atoms with Crippen molar-refractivity contribution in [3.8, 4) is 5.75 Å². The van der Waals surface area contributed by atoms with Gasteiger partial charge < -0.3 is 4.43 Å². The van der Waals surface area contributed by atoms with E-state index in [1.807, 2.05) is 42.5 Å². The van der Waals surface area contributed by atoms with Crippen LogP contribution in [0.4, 0.5) is 5.69 Å². The Balaban J connectivity index is 2.05. The van der Waals surface area contributed by atoms with Crippen molar-refractivity contribution in [2.75, 3.05) is 0 Å². The third-order valence-electron chi connectivity index (χ3n) is 2.29. The van der Waals surface area contributed by atoms with Crippen LogP contribution in [0.2, 0.25) is 19.6 Å². The zero-order chi connectivity index (χ0) is 13.7. The number of hydrogen-bond donors (Lipinski definition) is 0. The number of aliphatic imine (C=N–C) groups is 1. The Morgan fingerprint density at radius 1 is 1.05 bits per heavy atom. The largest absolute Gasteiger partial charge is 0.544 e. The first-order valence-corrected chi connectivity index (χ1v) is 9.68. The molecule has 4 heteroatoms. The van der Waals surface area contributed by atoms with Crippen LogP contribution in [0.3, 0.4) is 0 Å². The van der Waals surface area contributed by atoms with Crippen molar-refractivity contribution in [1.82, 2.24) is 4.98 Å². The van der Waals surface area contributed by atoms with Crippen LogP contribution in [-0.2, 0) is 0 Å². The number of pyridine rings is 1. The van der Waals surface area contributed by atoms with E-state index in [1.165, 1.54) is 0 Å². The van der Waals surface area contributed by atoms with Gasteiger partial charge in [-0.1, -0.05) is 6.07 Å². The lowest BCUT2D eigenvalue weighted by Crippen LogP contribution is -2.29. The molecule has 1 aromatic heterocycles. The molecule has 0 aliphatic rings. The molecule has 0 atom stereocenters. The van der Waals surface area contributed by atoms with E-state index in [0.29, 0.717) is 0 Å². The topological polar surface area (TPSA) is 34.5 Å². The van der Waals surface area contributed by atoms with Gasteiger partial charge in [0, 0.05) is 6.20 Å². The van der Waals surface area contributed by atoms with Gasteiger partial charge in [0.2, 0.25) is 8.32 Å². The number of hydrogen-bond acceptors (Lipinski definition) is 3. The number of aromatic nitrogens is 1. The molecule has 0 unspecified atom stereocenters. The molecule has 0 saturated carbocycles. The zero-order valence-corrected chi connectivity index (χ0v) is 12.5. The molecule has 0 aliphatic heterocycles. The molecule has 0 saturated heterocycles. The van der Waals surface area contributed by atoms with Crippen LogP contribution in [0.5, 0.6) is 5.75 Å². The summed E-state index contributed by atoms with van der Waals surface area (Å²) in [6, 6.07) is 13.6. The van der Waals surface area contributed by atoms with Gasteiger partial charge in [0.25, 0.3) is 0 Å². The van der Waals surface area contributed by atoms with E-state index in [-0.39, 0.29) is 0 Å². The summed E-state index contributed by atoms with van der Waals surface area (Å²) in [5.41, 5.74) is 1.75. The smallest absolute Gasteiger partial charge is 0.242 e. The van der Waals surface area contributed by atoms with Crippen molar-refractivity contribution >= 4 is 20.2 Å². The Morgan fingerprint density at radius 2 is 1.79 bits per heavy atom. The highest BCUT2D eigenvalue weighted by Gasteiger charge is 2.15. The maximum Gasteiger partial charge on any atom is 0.242 e. The fourth-order valence-electron chi connectivity index (χ4n) is 1.55. The second-order valence-electron chi connectivity index (χ2n) is 5.22. The second kappa shape index (κ2) is 5.80. The average molecular weight is 270 g/mol. The predicted octanol–water partition coefficient (Wildman–Crippen LogP) is 4.05. The van der Waals surface area contributed by atoms with E-state index in [1.54, 1.807) is 12.4 Å². The summed E-state index contributed by atoms with van der Waals surface area (Å²) in [5, 5.41) is 0. The zero-order valence-electron chi connectivity index (χ0n) is 11.5. The molecule has 98 valence electrons. The summed E-state index contributed by atoms with van der Waals surface area (Å²) in [5.74, 6) is 0.913. The van der Waals surface area contributed by atoms with Crippen molar-refractivity contribution in [3.05, 3.63) is 54.4 Å². The predicted molar refractivity (Wildman–Crippen MR) is 81.9 cm³/mol. The fraction of sp³-hybridized carbons (Fsp3) is 0.200. The number of rotatable bonds is 4. The van der Waals surface area contributed by atoms with Crippen molar-refractivity contribution in [1.29, 1.82) is 0 Å². The molecule has 0 fully saturated rings. The highest BCUT2D eigenvalue weighted by molar-refractivity contribution is 6.70. The number of benzene rings is 1. The minimum Gasteiger partial charge on any atom is -0.544 e.